The van der Waals surface area contributed by atoms with Crippen LogP contribution in [0.5, 0.6) is 11.5 Å². The molecular weight excluding hydrogens is 517 g/mol. The van der Waals surface area contributed by atoms with E-state index in [2.05, 4.69) is 9.97 Å². The number of nitrogens with zero attached hydrogens (tertiary/aromatic N) is 2. The van der Waals surface area contributed by atoms with E-state index < -0.39 is 29.9 Å². The minimum atomic E-state index is -4.60. The zero-order valence-corrected chi connectivity index (χ0v) is 22.5. The Bertz CT molecular complexity index is 1260. The Morgan fingerprint density at radius 3 is 2.54 bits per heavy atom. The van der Waals surface area contributed by atoms with Crippen LogP contribution in [-0.4, -0.2) is 71.5 Å². The van der Waals surface area contributed by atoms with Gasteiger partial charge in [-0.05, 0) is 36.1 Å². The SMILES string of the molecule is C/C=C\C(=C/c1ncc(-c2cc(O)c(C(=O)NCC(F)(F)F)c(OC)c2)[nH]1)C1CN(C(=O)OCC(C)(C)C)C1. The number of carbonyl (C=O) groups is 2. The summed E-state index contributed by atoms with van der Waals surface area (Å²) in [6.45, 7) is 7.67. The number of aromatic nitrogens is 2. The van der Waals surface area contributed by atoms with Crippen molar-refractivity contribution >= 4 is 18.1 Å². The minimum absolute atomic E-state index is 0.0931. The molecule has 3 rings (SSSR count). The van der Waals surface area contributed by atoms with Gasteiger partial charge in [0.1, 0.15) is 29.4 Å². The van der Waals surface area contributed by atoms with Crippen molar-refractivity contribution in [3.63, 3.8) is 0 Å². The molecule has 0 saturated carbocycles. The summed E-state index contributed by atoms with van der Waals surface area (Å²) >= 11 is 0. The van der Waals surface area contributed by atoms with Gasteiger partial charge in [0.15, 0.2) is 0 Å². The fourth-order valence-electron chi connectivity index (χ4n) is 3.83. The maximum atomic E-state index is 12.5. The number of aromatic hydroxyl groups is 1. The maximum absolute atomic E-state index is 12.5. The molecule has 2 aromatic rings. The molecule has 1 aliphatic heterocycles. The first-order chi connectivity index (χ1) is 18.2. The molecule has 3 N–H and O–H groups in total. The van der Waals surface area contributed by atoms with Crippen molar-refractivity contribution < 1.29 is 37.3 Å². The molecule has 12 heteroatoms. The molecule has 2 heterocycles. The van der Waals surface area contributed by atoms with Crippen LogP contribution < -0.4 is 10.1 Å². The number of hydrogen-bond donors (Lipinski definition) is 3. The van der Waals surface area contributed by atoms with Gasteiger partial charge in [0.2, 0.25) is 0 Å². The Labute approximate surface area is 224 Å². The topological polar surface area (TPSA) is 117 Å². The normalized spacial score (nSPS) is 14.9. The number of amides is 2. The molecule has 212 valence electrons. The quantitative estimate of drug-likeness (QED) is 0.391. The van der Waals surface area contributed by atoms with E-state index in [1.54, 1.807) is 10.2 Å². The first kappa shape index (κ1) is 29.6. The van der Waals surface area contributed by atoms with Crippen LogP contribution in [-0.2, 0) is 4.74 Å². The molecule has 9 nitrogen and oxygen atoms in total. The summed E-state index contributed by atoms with van der Waals surface area (Å²) < 4.78 is 48.0. The number of halogens is 3. The number of H-pyrrole nitrogens is 1. The van der Waals surface area contributed by atoms with Gasteiger partial charge in [0.25, 0.3) is 5.91 Å². The summed E-state index contributed by atoms with van der Waals surface area (Å²) in [7, 11) is 1.24. The second kappa shape index (κ2) is 11.8. The average Bonchev–Trinajstić information content (AvgIpc) is 3.27. The zero-order valence-electron chi connectivity index (χ0n) is 22.5. The number of phenolic OH excluding ortho intramolecular Hbond substituents is 1. The lowest BCUT2D eigenvalue weighted by Gasteiger charge is -2.39. The number of phenols is 1. The van der Waals surface area contributed by atoms with Gasteiger partial charge in [-0.3, -0.25) is 4.79 Å². The Kier molecular flexibility index (Phi) is 8.98. The van der Waals surface area contributed by atoms with Gasteiger partial charge in [0.05, 0.1) is 25.6 Å². The van der Waals surface area contributed by atoms with Crippen molar-refractivity contribution in [3.05, 3.63) is 47.4 Å². The fraction of sp³-hybridized carbons (Fsp3) is 0.444. The van der Waals surface area contributed by atoms with Crippen LogP contribution in [0.4, 0.5) is 18.0 Å². The molecule has 0 aliphatic carbocycles. The van der Waals surface area contributed by atoms with Crippen molar-refractivity contribution in [2.24, 2.45) is 11.3 Å². The molecule has 2 amide bonds. The van der Waals surface area contributed by atoms with E-state index in [1.165, 1.54) is 25.4 Å². The fourth-order valence-corrected chi connectivity index (χ4v) is 3.83. The lowest BCUT2D eigenvalue weighted by molar-refractivity contribution is -0.123. The van der Waals surface area contributed by atoms with Crippen molar-refractivity contribution in [2.45, 2.75) is 33.9 Å². The molecule has 0 atom stereocenters. The first-order valence-electron chi connectivity index (χ1n) is 12.3. The highest BCUT2D eigenvalue weighted by atomic mass is 19.4. The number of allylic oxidation sites excluding steroid dienone is 2. The molecule has 1 aromatic carbocycles. The Morgan fingerprint density at radius 1 is 1.26 bits per heavy atom. The standard InChI is InChI=1S/C27H33F3N4O5/c1-6-7-16(18-12-34(13-18)25(37)39-15-26(2,3)4)10-22-31-11-19(33-22)17-8-20(35)23(21(9-17)38-5)24(36)32-14-27(28,29)30/h6-11,18,35H,12-15H2,1-5H3,(H,31,33)(H,32,36)/b7-6-,16-10+. The summed E-state index contributed by atoms with van der Waals surface area (Å²) in [6, 6.07) is 2.66. The third-order valence-corrected chi connectivity index (χ3v) is 5.79. The van der Waals surface area contributed by atoms with E-state index in [0.29, 0.717) is 36.8 Å². The highest BCUT2D eigenvalue weighted by Crippen LogP contribution is 2.34. The van der Waals surface area contributed by atoms with Crippen molar-refractivity contribution in [3.8, 4) is 22.8 Å². The number of benzene rings is 1. The largest absolute Gasteiger partial charge is 0.507 e. The van der Waals surface area contributed by atoms with E-state index in [9.17, 15) is 27.9 Å². The number of ether oxygens (including phenoxy) is 2. The summed E-state index contributed by atoms with van der Waals surface area (Å²) in [6.07, 6.45) is 2.26. The van der Waals surface area contributed by atoms with E-state index >= 15 is 0 Å². The summed E-state index contributed by atoms with van der Waals surface area (Å²) in [5.74, 6) is -1.15. The van der Waals surface area contributed by atoms with Crippen LogP contribution in [0.25, 0.3) is 17.3 Å². The minimum Gasteiger partial charge on any atom is -0.507 e. The van der Waals surface area contributed by atoms with Gasteiger partial charge in [-0.2, -0.15) is 13.2 Å². The maximum Gasteiger partial charge on any atom is 0.409 e. The Balaban J connectivity index is 1.75. The Hall–Kier alpha value is -3.96. The van der Waals surface area contributed by atoms with E-state index in [0.717, 1.165) is 5.57 Å². The molecule has 1 aliphatic rings. The van der Waals surface area contributed by atoms with Crippen molar-refractivity contribution in [1.82, 2.24) is 20.2 Å². The number of aromatic amines is 1. The van der Waals surface area contributed by atoms with Gasteiger partial charge < -0.3 is 29.8 Å². The molecule has 0 spiro atoms. The number of rotatable bonds is 8. The lowest BCUT2D eigenvalue weighted by Crippen LogP contribution is -2.51. The molecule has 1 saturated heterocycles. The van der Waals surface area contributed by atoms with Crippen LogP contribution in [0.15, 0.2) is 36.1 Å². The number of alkyl halides is 3. The predicted molar refractivity (Wildman–Crippen MR) is 139 cm³/mol. The molecule has 39 heavy (non-hydrogen) atoms. The van der Waals surface area contributed by atoms with Crippen LogP contribution in [0.2, 0.25) is 0 Å². The summed E-state index contributed by atoms with van der Waals surface area (Å²) in [5, 5.41) is 12.2. The van der Waals surface area contributed by atoms with Gasteiger partial charge in [-0.1, -0.05) is 32.9 Å². The van der Waals surface area contributed by atoms with Gasteiger partial charge in [-0.15, -0.1) is 0 Å². The van der Waals surface area contributed by atoms with Gasteiger partial charge in [0, 0.05) is 24.6 Å². The van der Waals surface area contributed by atoms with Crippen LogP contribution in [0.1, 0.15) is 43.9 Å². The number of methoxy groups -OCH3 is 1. The monoisotopic (exact) mass is 550 g/mol. The molecule has 0 unspecified atom stereocenters. The van der Waals surface area contributed by atoms with E-state index in [4.69, 9.17) is 9.47 Å². The number of imidazole rings is 1. The second-order valence-electron chi connectivity index (χ2n) is 10.4. The van der Waals surface area contributed by atoms with Crippen LogP contribution in [0.3, 0.4) is 0 Å². The highest BCUT2D eigenvalue weighted by Gasteiger charge is 2.34. The second-order valence-corrected chi connectivity index (χ2v) is 10.4. The summed E-state index contributed by atoms with van der Waals surface area (Å²) in [5.41, 5.74) is 1.32. The van der Waals surface area contributed by atoms with Gasteiger partial charge in [-0.25, -0.2) is 9.78 Å². The molecular formula is C27H33F3N4O5. The molecule has 0 bridgehead atoms. The summed E-state index contributed by atoms with van der Waals surface area (Å²) in [4.78, 5) is 33.7. The third kappa shape index (κ3) is 8.01. The number of carbonyl (C=O) groups excluding carboxylic acids is 2. The molecule has 0 radical (unpaired) electrons. The van der Waals surface area contributed by atoms with Crippen molar-refractivity contribution in [1.29, 1.82) is 0 Å². The molecule has 1 fully saturated rings. The van der Waals surface area contributed by atoms with Crippen molar-refractivity contribution in [2.75, 3.05) is 33.4 Å². The lowest BCUT2D eigenvalue weighted by atomic mass is 9.90. The van der Waals surface area contributed by atoms with Crippen LogP contribution >= 0.6 is 0 Å². The number of likely N-dealkylation sites (tertiary alicyclic amines) is 1. The average molecular weight is 551 g/mol. The first-order valence-corrected chi connectivity index (χ1v) is 12.3. The van der Waals surface area contributed by atoms with E-state index in [-0.39, 0.29) is 23.2 Å². The smallest absolute Gasteiger partial charge is 0.409 e. The predicted octanol–water partition coefficient (Wildman–Crippen LogP) is 5.16. The zero-order chi connectivity index (χ0) is 29.0. The number of nitrogens with one attached hydrogen (secondary N) is 2. The Morgan fingerprint density at radius 2 is 1.95 bits per heavy atom. The van der Waals surface area contributed by atoms with Crippen LogP contribution in [0, 0.1) is 11.3 Å². The van der Waals surface area contributed by atoms with Gasteiger partial charge >= 0.3 is 12.3 Å². The van der Waals surface area contributed by atoms with E-state index in [1.807, 2.05) is 45.9 Å². The highest BCUT2D eigenvalue weighted by molar-refractivity contribution is 6.00. The molecule has 1 aromatic heterocycles. The third-order valence-electron chi connectivity index (χ3n) is 5.79. The number of hydrogen-bond acceptors (Lipinski definition) is 6.